The monoisotopic (exact) mass is 320 g/mol. The molecule has 0 aliphatic rings. The summed E-state index contributed by atoms with van der Waals surface area (Å²) in [5, 5.41) is 18.9. The summed E-state index contributed by atoms with van der Waals surface area (Å²) in [6, 6.07) is 3.36. The number of unbranched alkanes of at least 4 members (excludes halogenated alkanes) is 1. The maximum atomic E-state index is 12.1. The van der Waals surface area contributed by atoms with Crippen LogP contribution in [0.1, 0.15) is 57.1 Å². The van der Waals surface area contributed by atoms with Crippen LogP contribution in [0.15, 0.2) is 10.9 Å². The van der Waals surface area contributed by atoms with Gasteiger partial charge in [0.25, 0.3) is 5.56 Å². The first-order chi connectivity index (χ1) is 11.0. The van der Waals surface area contributed by atoms with Gasteiger partial charge in [-0.15, -0.1) is 0 Å². The second kappa shape index (κ2) is 10.1. The highest BCUT2D eigenvalue weighted by Crippen LogP contribution is 2.14. The number of hydrogen-bond acceptors (Lipinski definition) is 4. The molecule has 0 amide bonds. The number of nitrogens with zero attached hydrogens (tertiary/aromatic N) is 2. The Bertz CT molecular complexity index is 587. The molecular weight excluding hydrogens is 292 g/mol. The number of nitriles is 1. The average molecular weight is 320 g/mol. The molecule has 0 fully saturated rings. The molecule has 128 valence electrons. The van der Waals surface area contributed by atoms with Gasteiger partial charge in [-0.25, -0.2) is 0 Å². The van der Waals surface area contributed by atoms with Gasteiger partial charge >= 0.3 is 0 Å². The third kappa shape index (κ3) is 5.72. The minimum absolute atomic E-state index is 0.0920. The smallest absolute Gasteiger partial charge is 0.271 e. The van der Waals surface area contributed by atoms with Crippen molar-refractivity contribution in [3.8, 4) is 11.9 Å². The van der Waals surface area contributed by atoms with Crippen LogP contribution in [0.4, 0.5) is 0 Å². The summed E-state index contributed by atoms with van der Waals surface area (Å²) < 4.78 is 6.94. The normalized spacial score (nSPS) is 12.1. The average Bonchev–Trinajstić information content (AvgIpc) is 2.52. The molecule has 0 aliphatic carbocycles. The van der Waals surface area contributed by atoms with Crippen molar-refractivity contribution < 1.29 is 9.84 Å². The molecule has 0 saturated carbocycles. The number of pyridine rings is 1. The molecular formula is C18H28N2O3. The Labute approximate surface area is 138 Å². The van der Waals surface area contributed by atoms with Crippen LogP contribution in [0.2, 0.25) is 0 Å². The molecule has 0 spiro atoms. The van der Waals surface area contributed by atoms with E-state index in [-0.39, 0.29) is 11.4 Å². The van der Waals surface area contributed by atoms with E-state index in [1.807, 2.05) is 6.07 Å². The fraction of sp³-hybridized carbons (Fsp3) is 0.667. The first kappa shape index (κ1) is 19.2. The Balaban J connectivity index is 2.48. The predicted molar refractivity (Wildman–Crippen MR) is 90.6 cm³/mol. The molecule has 1 unspecified atom stereocenters. The van der Waals surface area contributed by atoms with Crippen LogP contribution in [-0.4, -0.2) is 22.9 Å². The Morgan fingerprint density at radius 1 is 1.39 bits per heavy atom. The van der Waals surface area contributed by atoms with E-state index in [9.17, 15) is 9.90 Å². The van der Waals surface area contributed by atoms with Crippen LogP contribution in [0.3, 0.4) is 0 Å². The first-order valence-electron chi connectivity index (χ1n) is 8.46. The molecule has 1 aromatic heterocycles. The van der Waals surface area contributed by atoms with Crippen molar-refractivity contribution in [2.45, 2.75) is 59.4 Å². The fourth-order valence-corrected chi connectivity index (χ4v) is 2.58. The lowest BCUT2D eigenvalue weighted by Gasteiger charge is -2.15. The summed E-state index contributed by atoms with van der Waals surface area (Å²) in [7, 11) is 0. The van der Waals surface area contributed by atoms with Gasteiger partial charge in [-0.2, -0.15) is 5.26 Å². The summed E-state index contributed by atoms with van der Waals surface area (Å²) in [6.07, 6.45) is 5.37. The molecule has 0 radical (unpaired) electrons. The molecule has 1 rings (SSSR count). The molecule has 5 nitrogen and oxygen atoms in total. The van der Waals surface area contributed by atoms with Crippen LogP contribution in [0.5, 0.6) is 5.88 Å². The van der Waals surface area contributed by atoms with Gasteiger partial charge in [-0.1, -0.05) is 33.1 Å². The van der Waals surface area contributed by atoms with E-state index in [0.717, 1.165) is 13.0 Å². The van der Waals surface area contributed by atoms with E-state index in [4.69, 9.17) is 10.00 Å². The van der Waals surface area contributed by atoms with Crippen LogP contribution in [0, 0.1) is 24.2 Å². The summed E-state index contributed by atoms with van der Waals surface area (Å²) in [5.74, 6) is 0.497. The molecule has 5 heteroatoms. The zero-order valence-electron chi connectivity index (χ0n) is 14.5. The van der Waals surface area contributed by atoms with Crippen LogP contribution < -0.4 is 5.56 Å². The van der Waals surface area contributed by atoms with Gasteiger partial charge in [0.2, 0.25) is 0 Å². The highest BCUT2D eigenvalue weighted by molar-refractivity contribution is 5.37. The number of aromatic nitrogens is 1. The largest absolute Gasteiger partial charge is 0.494 e. The predicted octanol–water partition coefficient (Wildman–Crippen LogP) is 3.36. The summed E-state index contributed by atoms with van der Waals surface area (Å²) in [4.78, 5) is 12.1. The highest BCUT2D eigenvalue weighted by atomic mass is 16.5. The Morgan fingerprint density at radius 3 is 2.74 bits per heavy atom. The van der Waals surface area contributed by atoms with Crippen molar-refractivity contribution >= 4 is 0 Å². The van der Waals surface area contributed by atoms with E-state index in [2.05, 4.69) is 13.8 Å². The molecule has 1 N–H and O–H groups in total. The van der Waals surface area contributed by atoms with Gasteiger partial charge in [-0.3, -0.25) is 9.36 Å². The minimum atomic E-state index is -0.431. The van der Waals surface area contributed by atoms with Crippen LogP contribution in [-0.2, 0) is 11.3 Å². The van der Waals surface area contributed by atoms with Gasteiger partial charge in [0.15, 0.2) is 5.88 Å². The summed E-state index contributed by atoms with van der Waals surface area (Å²) in [5.41, 5.74) is 0.165. The molecule has 0 aromatic carbocycles. The van der Waals surface area contributed by atoms with E-state index >= 15 is 0 Å². The van der Waals surface area contributed by atoms with Crippen molar-refractivity contribution in [2.24, 2.45) is 5.92 Å². The van der Waals surface area contributed by atoms with Crippen molar-refractivity contribution in [3.63, 3.8) is 0 Å². The lowest BCUT2D eigenvalue weighted by atomic mass is 10.0. The van der Waals surface area contributed by atoms with Gasteiger partial charge in [0.1, 0.15) is 11.6 Å². The second-order valence-electron chi connectivity index (χ2n) is 5.97. The summed E-state index contributed by atoms with van der Waals surface area (Å²) >= 11 is 0. The molecule has 1 atom stereocenters. The summed E-state index contributed by atoms with van der Waals surface area (Å²) in [6.45, 7) is 7.66. The molecule has 0 saturated heterocycles. The van der Waals surface area contributed by atoms with Gasteiger partial charge in [-0.05, 0) is 31.2 Å². The molecule has 0 aliphatic heterocycles. The zero-order chi connectivity index (χ0) is 17.2. The zero-order valence-corrected chi connectivity index (χ0v) is 14.5. The molecule has 1 heterocycles. The number of ether oxygens (including phenoxy) is 1. The molecule has 1 aromatic rings. The number of rotatable bonds is 10. The molecule has 23 heavy (non-hydrogen) atoms. The van der Waals surface area contributed by atoms with E-state index in [0.29, 0.717) is 31.1 Å². The minimum Gasteiger partial charge on any atom is -0.494 e. The second-order valence-corrected chi connectivity index (χ2v) is 5.97. The van der Waals surface area contributed by atoms with Gasteiger partial charge in [0.05, 0.1) is 0 Å². The standard InChI is InChI=1S/C18H28N2O3/c1-4-6-8-15(5-2)13-23-10-7-9-20-17(21)11-14(3)16(12-19)18(20)22/h11,15,21H,4-10,13H2,1-3H3. The Hall–Kier alpha value is -1.80. The number of aromatic hydroxyl groups is 1. The van der Waals surface area contributed by atoms with Crippen molar-refractivity contribution in [2.75, 3.05) is 13.2 Å². The third-order valence-corrected chi connectivity index (χ3v) is 4.15. The van der Waals surface area contributed by atoms with E-state index in [1.54, 1.807) is 6.92 Å². The quantitative estimate of drug-likeness (QED) is 0.671. The third-order valence-electron chi connectivity index (χ3n) is 4.15. The molecule has 0 bridgehead atoms. The maximum absolute atomic E-state index is 12.1. The lowest BCUT2D eigenvalue weighted by molar-refractivity contribution is 0.0895. The SMILES string of the molecule is CCCCC(CC)COCCCn1c(O)cc(C)c(C#N)c1=O. The number of hydrogen-bond donors (Lipinski definition) is 1. The maximum Gasteiger partial charge on any atom is 0.271 e. The van der Waals surface area contributed by atoms with Gasteiger partial charge < -0.3 is 9.84 Å². The topological polar surface area (TPSA) is 75.2 Å². The van der Waals surface area contributed by atoms with Crippen LogP contribution in [0.25, 0.3) is 0 Å². The highest BCUT2D eigenvalue weighted by Gasteiger charge is 2.11. The Morgan fingerprint density at radius 2 is 2.13 bits per heavy atom. The van der Waals surface area contributed by atoms with Crippen molar-refractivity contribution in [1.82, 2.24) is 4.57 Å². The van der Waals surface area contributed by atoms with Crippen molar-refractivity contribution in [1.29, 1.82) is 5.26 Å². The Kier molecular flexibility index (Phi) is 8.42. The van der Waals surface area contributed by atoms with E-state index < -0.39 is 5.56 Å². The lowest BCUT2D eigenvalue weighted by Crippen LogP contribution is -2.24. The van der Waals surface area contributed by atoms with E-state index in [1.165, 1.54) is 29.9 Å². The number of aryl methyl sites for hydroxylation is 1. The van der Waals surface area contributed by atoms with Crippen LogP contribution >= 0.6 is 0 Å². The van der Waals surface area contributed by atoms with Crippen molar-refractivity contribution in [3.05, 3.63) is 27.5 Å². The first-order valence-corrected chi connectivity index (χ1v) is 8.46. The fourth-order valence-electron chi connectivity index (χ4n) is 2.58. The van der Waals surface area contributed by atoms with Gasteiger partial charge in [0, 0.05) is 25.8 Å².